The molecule has 3 N–H and O–H groups in total. The van der Waals surface area contributed by atoms with Crippen LogP contribution in [0.5, 0.6) is 0 Å². The molecule has 76 valence electrons. The van der Waals surface area contributed by atoms with Gasteiger partial charge in [-0.1, -0.05) is 13.3 Å². The lowest BCUT2D eigenvalue weighted by atomic mass is 10.1. The average Bonchev–Trinajstić information content (AvgIpc) is 2.52. The average molecular weight is 191 g/mol. The van der Waals surface area contributed by atoms with Gasteiger partial charge in [-0.2, -0.15) is 0 Å². The SMILES string of the molecule is CC1CCCC1Nc1ccnc(N)c1. The van der Waals surface area contributed by atoms with Crippen LogP contribution in [0.1, 0.15) is 26.2 Å². The lowest BCUT2D eigenvalue weighted by Crippen LogP contribution is -2.21. The zero-order chi connectivity index (χ0) is 9.97. The van der Waals surface area contributed by atoms with Gasteiger partial charge in [0.05, 0.1) is 0 Å². The number of anilines is 2. The van der Waals surface area contributed by atoms with Crippen LogP contribution in [-0.4, -0.2) is 11.0 Å². The van der Waals surface area contributed by atoms with E-state index >= 15 is 0 Å². The Hall–Kier alpha value is -1.25. The highest BCUT2D eigenvalue weighted by atomic mass is 14.9. The van der Waals surface area contributed by atoms with Gasteiger partial charge in [-0.05, 0) is 24.8 Å². The van der Waals surface area contributed by atoms with Gasteiger partial charge in [-0.25, -0.2) is 4.98 Å². The van der Waals surface area contributed by atoms with Crippen molar-refractivity contribution in [2.24, 2.45) is 5.92 Å². The molecule has 3 nitrogen and oxygen atoms in total. The van der Waals surface area contributed by atoms with Crippen LogP contribution in [0.4, 0.5) is 11.5 Å². The van der Waals surface area contributed by atoms with Crippen molar-refractivity contribution >= 4 is 11.5 Å². The maximum absolute atomic E-state index is 5.62. The molecule has 1 heterocycles. The van der Waals surface area contributed by atoms with E-state index in [1.165, 1.54) is 19.3 Å². The number of nitrogens with one attached hydrogen (secondary N) is 1. The van der Waals surface area contributed by atoms with E-state index in [9.17, 15) is 0 Å². The van der Waals surface area contributed by atoms with Crippen molar-refractivity contribution in [2.45, 2.75) is 32.2 Å². The zero-order valence-electron chi connectivity index (χ0n) is 8.53. The molecule has 2 unspecified atom stereocenters. The number of nitrogen functional groups attached to an aromatic ring is 1. The van der Waals surface area contributed by atoms with E-state index < -0.39 is 0 Å². The topological polar surface area (TPSA) is 50.9 Å². The quantitative estimate of drug-likeness (QED) is 0.754. The van der Waals surface area contributed by atoms with Crippen molar-refractivity contribution in [3.63, 3.8) is 0 Å². The molecule has 1 aliphatic rings. The smallest absolute Gasteiger partial charge is 0.125 e. The standard InChI is InChI=1S/C11H17N3/c1-8-3-2-4-10(8)14-9-5-6-13-11(12)7-9/h5-8,10H,2-4H2,1H3,(H3,12,13,14). The van der Waals surface area contributed by atoms with E-state index in [4.69, 9.17) is 5.73 Å². The van der Waals surface area contributed by atoms with E-state index in [2.05, 4.69) is 17.2 Å². The molecule has 3 heteroatoms. The minimum atomic E-state index is 0.584. The first kappa shape index (κ1) is 9.31. The highest BCUT2D eigenvalue weighted by molar-refractivity contribution is 5.50. The molecule has 1 aliphatic carbocycles. The number of pyridine rings is 1. The number of nitrogens with zero attached hydrogens (tertiary/aromatic N) is 1. The fraction of sp³-hybridized carbons (Fsp3) is 0.545. The predicted molar refractivity (Wildman–Crippen MR) is 59.1 cm³/mol. The molecule has 0 bridgehead atoms. The van der Waals surface area contributed by atoms with Gasteiger partial charge in [0.1, 0.15) is 5.82 Å². The Morgan fingerprint density at radius 1 is 1.50 bits per heavy atom. The van der Waals surface area contributed by atoms with Crippen LogP contribution in [0, 0.1) is 5.92 Å². The largest absolute Gasteiger partial charge is 0.384 e. The van der Waals surface area contributed by atoms with Crippen LogP contribution in [0.3, 0.4) is 0 Å². The molecule has 14 heavy (non-hydrogen) atoms. The highest BCUT2D eigenvalue weighted by Gasteiger charge is 2.22. The Bertz CT molecular complexity index is 311. The molecule has 2 rings (SSSR count). The summed E-state index contributed by atoms with van der Waals surface area (Å²) >= 11 is 0. The van der Waals surface area contributed by atoms with Crippen molar-refractivity contribution in [1.29, 1.82) is 0 Å². The Labute approximate surface area is 84.7 Å². The second kappa shape index (κ2) is 3.86. The summed E-state index contributed by atoms with van der Waals surface area (Å²) in [4.78, 5) is 3.97. The number of aromatic nitrogens is 1. The third kappa shape index (κ3) is 1.97. The first-order chi connectivity index (χ1) is 6.75. The van der Waals surface area contributed by atoms with Gasteiger partial charge in [0.2, 0.25) is 0 Å². The van der Waals surface area contributed by atoms with Crippen molar-refractivity contribution in [3.05, 3.63) is 18.3 Å². The van der Waals surface area contributed by atoms with E-state index in [0.717, 1.165) is 11.6 Å². The van der Waals surface area contributed by atoms with Crippen LogP contribution in [0.25, 0.3) is 0 Å². The van der Waals surface area contributed by atoms with Gasteiger partial charge < -0.3 is 11.1 Å². The summed E-state index contributed by atoms with van der Waals surface area (Å²) in [5.74, 6) is 1.35. The van der Waals surface area contributed by atoms with Crippen LogP contribution >= 0.6 is 0 Å². The van der Waals surface area contributed by atoms with E-state index in [1.54, 1.807) is 6.20 Å². The molecule has 1 fully saturated rings. The van der Waals surface area contributed by atoms with Crippen LogP contribution in [0.15, 0.2) is 18.3 Å². The summed E-state index contributed by atoms with van der Waals surface area (Å²) in [5.41, 5.74) is 6.71. The minimum Gasteiger partial charge on any atom is -0.384 e. The second-order valence-electron chi connectivity index (χ2n) is 4.13. The fourth-order valence-corrected chi connectivity index (χ4v) is 2.11. The van der Waals surface area contributed by atoms with Crippen molar-refractivity contribution in [1.82, 2.24) is 4.98 Å². The third-order valence-electron chi connectivity index (χ3n) is 2.99. The van der Waals surface area contributed by atoms with Gasteiger partial charge in [0, 0.05) is 24.0 Å². The van der Waals surface area contributed by atoms with Crippen LogP contribution in [0.2, 0.25) is 0 Å². The Balaban J connectivity index is 2.03. The third-order valence-corrected chi connectivity index (χ3v) is 2.99. The molecule has 1 aromatic heterocycles. The molecular weight excluding hydrogens is 174 g/mol. The van der Waals surface area contributed by atoms with Gasteiger partial charge >= 0.3 is 0 Å². The number of hydrogen-bond acceptors (Lipinski definition) is 3. The van der Waals surface area contributed by atoms with Gasteiger partial charge in [0.15, 0.2) is 0 Å². The summed E-state index contributed by atoms with van der Waals surface area (Å²) in [6, 6.07) is 4.48. The highest BCUT2D eigenvalue weighted by Crippen LogP contribution is 2.27. The summed E-state index contributed by atoms with van der Waals surface area (Å²) in [5, 5.41) is 3.51. The summed E-state index contributed by atoms with van der Waals surface area (Å²) < 4.78 is 0. The number of hydrogen-bond donors (Lipinski definition) is 2. The van der Waals surface area contributed by atoms with Gasteiger partial charge in [0.25, 0.3) is 0 Å². The van der Waals surface area contributed by atoms with Crippen molar-refractivity contribution in [2.75, 3.05) is 11.1 Å². The molecule has 2 atom stereocenters. The lowest BCUT2D eigenvalue weighted by Gasteiger charge is -2.18. The Kier molecular flexibility index (Phi) is 2.57. The maximum atomic E-state index is 5.62. The van der Waals surface area contributed by atoms with Crippen molar-refractivity contribution in [3.8, 4) is 0 Å². The molecule has 0 amide bonds. The lowest BCUT2D eigenvalue weighted by molar-refractivity contribution is 0.556. The molecule has 0 aliphatic heterocycles. The second-order valence-corrected chi connectivity index (χ2v) is 4.13. The minimum absolute atomic E-state index is 0.584. The molecular formula is C11H17N3. The Morgan fingerprint density at radius 2 is 2.36 bits per heavy atom. The van der Waals surface area contributed by atoms with Gasteiger partial charge in [-0.3, -0.25) is 0 Å². The fourth-order valence-electron chi connectivity index (χ4n) is 2.11. The zero-order valence-corrected chi connectivity index (χ0v) is 8.53. The summed E-state index contributed by atoms with van der Waals surface area (Å²) in [7, 11) is 0. The number of rotatable bonds is 2. The Morgan fingerprint density at radius 3 is 3.00 bits per heavy atom. The maximum Gasteiger partial charge on any atom is 0.125 e. The molecule has 0 saturated heterocycles. The van der Waals surface area contributed by atoms with Crippen LogP contribution in [-0.2, 0) is 0 Å². The molecule has 0 aromatic carbocycles. The predicted octanol–water partition coefficient (Wildman–Crippen LogP) is 2.26. The molecule has 1 saturated carbocycles. The van der Waals surface area contributed by atoms with Crippen molar-refractivity contribution < 1.29 is 0 Å². The molecule has 1 aromatic rings. The van der Waals surface area contributed by atoms with Gasteiger partial charge in [-0.15, -0.1) is 0 Å². The molecule has 0 radical (unpaired) electrons. The molecule has 0 spiro atoms. The number of nitrogens with two attached hydrogens (primary N) is 1. The van der Waals surface area contributed by atoms with E-state index in [-0.39, 0.29) is 0 Å². The van der Waals surface area contributed by atoms with Crippen LogP contribution < -0.4 is 11.1 Å². The monoisotopic (exact) mass is 191 g/mol. The first-order valence-electron chi connectivity index (χ1n) is 5.24. The summed E-state index contributed by atoms with van der Waals surface area (Å²) in [6.45, 7) is 2.30. The first-order valence-corrected chi connectivity index (χ1v) is 5.24. The normalized spacial score (nSPS) is 26.4. The summed E-state index contributed by atoms with van der Waals surface area (Å²) in [6.07, 6.45) is 5.68. The van der Waals surface area contributed by atoms with E-state index in [0.29, 0.717) is 11.9 Å². The van der Waals surface area contributed by atoms with E-state index in [1.807, 2.05) is 12.1 Å².